The highest BCUT2D eigenvalue weighted by atomic mass is 32.2. The van der Waals surface area contributed by atoms with Crippen LogP contribution in [0.5, 0.6) is 0 Å². The number of nitrogens with zero attached hydrogens (tertiary/aromatic N) is 2. The van der Waals surface area contributed by atoms with Gasteiger partial charge in [0.05, 0.1) is 5.56 Å². The molecule has 1 saturated heterocycles. The van der Waals surface area contributed by atoms with Gasteiger partial charge in [-0.1, -0.05) is 11.2 Å². The predicted octanol–water partition coefficient (Wildman–Crippen LogP) is 1.07. The van der Waals surface area contributed by atoms with Crippen molar-refractivity contribution in [1.29, 1.82) is 0 Å². The Kier molecular flexibility index (Phi) is 4.71. The fourth-order valence-corrected chi connectivity index (χ4v) is 3.82. The maximum Gasteiger partial charge on any atom is 0.173 e. The fraction of sp³-hybridized carbons (Fsp3) is 0.417. The minimum atomic E-state index is -0.719. The molecule has 2 rings (SSSR count). The van der Waals surface area contributed by atoms with Crippen LogP contribution < -0.4 is 10.6 Å². The number of thioether (sulfide) groups is 1. The van der Waals surface area contributed by atoms with Gasteiger partial charge in [-0.15, -0.1) is 11.8 Å². The van der Waals surface area contributed by atoms with Crippen molar-refractivity contribution >= 4 is 34.1 Å². The number of hydrogen-bond acceptors (Lipinski definition) is 5. The molecule has 3 N–H and O–H groups in total. The molecule has 0 bridgehead atoms. The van der Waals surface area contributed by atoms with Crippen LogP contribution in [0, 0.1) is 0 Å². The Balaban J connectivity index is 2.42. The molecule has 0 atom stereocenters. The van der Waals surface area contributed by atoms with E-state index in [1.54, 1.807) is 11.8 Å². The second-order valence-electron chi connectivity index (χ2n) is 4.17. The van der Waals surface area contributed by atoms with Crippen molar-refractivity contribution < 1.29 is 9.42 Å². The number of amidine groups is 1. The molecule has 1 aliphatic heterocycles. The Morgan fingerprint density at radius 1 is 1.47 bits per heavy atom. The zero-order valence-electron chi connectivity index (χ0n) is 10.7. The summed E-state index contributed by atoms with van der Waals surface area (Å²) in [5, 5.41) is 12.1. The molecule has 5 nitrogen and oxygen atoms in total. The Labute approximate surface area is 119 Å². The molecule has 0 aromatic heterocycles. The minimum absolute atomic E-state index is 0.117. The average Bonchev–Trinajstić information content (AvgIpc) is 2.46. The normalized spacial score (nSPS) is 17.7. The molecule has 19 heavy (non-hydrogen) atoms. The predicted molar refractivity (Wildman–Crippen MR) is 80.8 cm³/mol. The van der Waals surface area contributed by atoms with Crippen LogP contribution in [0.3, 0.4) is 0 Å². The Morgan fingerprint density at radius 3 is 2.74 bits per heavy atom. The zero-order chi connectivity index (χ0) is 13.8. The quantitative estimate of drug-likeness (QED) is 0.287. The zero-order valence-corrected chi connectivity index (χ0v) is 12.3. The van der Waals surface area contributed by atoms with Gasteiger partial charge in [0.25, 0.3) is 0 Å². The lowest BCUT2D eigenvalue weighted by atomic mass is 10.1. The van der Waals surface area contributed by atoms with Gasteiger partial charge in [-0.3, -0.25) is 4.21 Å². The van der Waals surface area contributed by atoms with Gasteiger partial charge < -0.3 is 15.8 Å². The lowest BCUT2D eigenvalue weighted by Gasteiger charge is -2.30. The molecule has 0 aliphatic carbocycles. The van der Waals surface area contributed by atoms with Crippen LogP contribution >= 0.6 is 11.8 Å². The number of oxime groups is 1. The summed E-state index contributed by atoms with van der Waals surface area (Å²) in [6.45, 7) is 1.46. The summed E-state index contributed by atoms with van der Waals surface area (Å²) in [5.41, 5.74) is 7.50. The SMILES string of the molecule is CSc1cccc(N2CCS(=O)CC2)c1/C(N)=N/O. The van der Waals surface area contributed by atoms with E-state index in [-0.39, 0.29) is 5.84 Å². The molecule has 1 aromatic rings. The van der Waals surface area contributed by atoms with E-state index in [0.717, 1.165) is 29.2 Å². The topological polar surface area (TPSA) is 78.9 Å². The molecule has 1 fully saturated rings. The van der Waals surface area contributed by atoms with Gasteiger partial charge in [-0.05, 0) is 18.4 Å². The molecule has 1 heterocycles. The third-order valence-electron chi connectivity index (χ3n) is 3.11. The molecular formula is C12H17N3O2S2. The van der Waals surface area contributed by atoms with E-state index >= 15 is 0 Å². The van der Waals surface area contributed by atoms with Gasteiger partial charge in [0.1, 0.15) is 0 Å². The fourth-order valence-electron chi connectivity index (χ4n) is 2.14. The maximum atomic E-state index is 11.4. The van der Waals surface area contributed by atoms with Gasteiger partial charge in [0, 0.05) is 46.0 Å². The first-order valence-electron chi connectivity index (χ1n) is 5.92. The molecule has 1 aromatic carbocycles. The monoisotopic (exact) mass is 299 g/mol. The van der Waals surface area contributed by atoms with Gasteiger partial charge >= 0.3 is 0 Å². The lowest BCUT2D eigenvalue weighted by molar-refractivity contribution is 0.318. The van der Waals surface area contributed by atoms with Crippen LogP contribution in [0.15, 0.2) is 28.3 Å². The summed E-state index contributed by atoms with van der Waals surface area (Å²) in [7, 11) is -0.719. The largest absolute Gasteiger partial charge is 0.409 e. The average molecular weight is 299 g/mol. The molecular weight excluding hydrogens is 282 g/mol. The van der Waals surface area contributed by atoms with E-state index in [1.165, 1.54) is 0 Å². The van der Waals surface area contributed by atoms with Crippen LogP contribution in [0.2, 0.25) is 0 Å². The molecule has 0 unspecified atom stereocenters. The molecule has 0 amide bonds. The van der Waals surface area contributed by atoms with Crippen LogP contribution in [0.1, 0.15) is 5.56 Å². The molecule has 7 heteroatoms. The Morgan fingerprint density at radius 2 is 2.16 bits per heavy atom. The van der Waals surface area contributed by atoms with Gasteiger partial charge in [-0.25, -0.2) is 0 Å². The Hall–Kier alpha value is -1.21. The number of nitrogens with two attached hydrogens (primary N) is 1. The summed E-state index contributed by atoms with van der Waals surface area (Å²) < 4.78 is 11.4. The van der Waals surface area contributed by atoms with Crippen LogP contribution in [0.4, 0.5) is 5.69 Å². The summed E-state index contributed by atoms with van der Waals surface area (Å²) >= 11 is 1.56. The van der Waals surface area contributed by atoms with Gasteiger partial charge in [0.15, 0.2) is 5.84 Å². The molecule has 1 aliphatic rings. The number of rotatable bonds is 3. The summed E-state index contributed by atoms with van der Waals surface area (Å²) in [6, 6.07) is 5.87. The lowest BCUT2D eigenvalue weighted by Crippen LogP contribution is -2.39. The third kappa shape index (κ3) is 3.03. The number of anilines is 1. The third-order valence-corrected chi connectivity index (χ3v) is 5.16. The van der Waals surface area contributed by atoms with Crippen molar-refractivity contribution in [3.8, 4) is 0 Å². The Bertz CT molecular complexity index is 510. The van der Waals surface area contributed by atoms with Crippen molar-refractivity contribution in [2.75, 3.05) is 35.8 Å². The van der Waals surface area contributed by atoms with Crippen LogP contribution in [-0.4, -0.2) is 46.1 Å². The second kappa shape index (κ2) is 6.29. The van der Waals surface area contributed by atoms with Crippen LogP contribution in [-0.2, 0) is 10.8 Å². The van der Waals surface area contributed by atoms with Crippen LogP contribution in [0.25, 0.3) is 0 Å². The molecule has 0 radical (unpaired) electrons. The molecule has 0 saturated carbocycles. The van der Waals surface area contributed by atoms with E-state index in [2.05, 4.69) is 10.1 Å². The highest BCUT2D eigenvalue weighted by molar-refractivity contribution is 7.98. The van der Waals surface area contributed by atoms with Gasteiger partial charge in [-0.2, -0.15) is 0 Å². The minimum Gasteiger partial charge on any atom is -0.409 e. The van der Waals surface area contributed by atoms with E-state index < -0.39 is 10.8 Å². The summed E-state index contributed by atoms with van der Waals surface area (Å²) in [5.74, 6) is 1.45. The van der Waals surface area contributed by atoms with E-state index in [0.29, 0.717) is 11.5 Å². The smallest absolute Gasteiger partial charge is 0.173 e. The van der Waals surface area contributed by atoms with Crippen molar-refractivity contribution in [3.05, 3.63) is 23.8 Å². The maximum absolute atomic E-state index is 11.4. The van der Waals surface area contributed by atoms with Gasteiger partial charge in [0.2, 0.25) is 0 Å². The summed E-state index contributed by atoms with van der Waals surface area (Å²) in [6.07, 6.45) is 1.96. The first kappa shape index (κ1) is 14.2. The first-order valence-corrected chi connectivity index (χ1v) is 8.63. The van der Waals surface area contributed by atoms with Crippen molar-refractivity contribution in [1.82, 2.24) is 0 Å². The van der Waals surface area contributed by atoms with Crippen molar-refractivity contribution in [3.63, 3.8) is 0 Å². The standard InChI is InChI=1S/C12H17N3O2S2/c1-18-10-4-2-3-9(11(10)12(13)14-16)15-5-7-19(17)8-6-15/h2-4,16H,5-8H2,1H3,(H2,13,14). The highest BCUT2D eigenvalue weighted by Gasteiger charge is 2.21. The molecule has 104 valence electrons. The number of hydrogen-bond donors (Lipinski definition) is 2. The second-order valence-corrected chi connectivity index (χ2v) is 6.72. The van der Waals surface area contributed by atoms with Crippen molar-refractivity contribution in [2.24, 2.45) is 10.9 Å². The summed E-state index contributed by atoms with van der Waals surface area (Å²) in [4.78, 5) is 3.12. The first-order chi connectivity index (χ1) is 9.17. The van der Waals surface area contributed by atoms with Crippen molar-refractivity contribution in [2.45, 2.75) is 4.90 Å². The van der Waals surface area contributed by atoms with E-state index in [9.17, 15) is 4.21 Å². The number of benzene rings is 1. The molecule has 0 spiro atoms. The highest BCUT2D eigenvalue weighted by Crippen LogP contribution is 2.30. The van der Waals surface area contributed by atoms with E-state index in [1.807, 2.05) is 24.5 Å². The van der Waals surface area contributed by atoms with E-state index in [4.69, 9.17) is 10.9 Å².